The quantitative estimate of drug-likeness (QED) is 0.391. The van der Waals surface area contributed by atoms with Crippen molar-refractivity contribution in [2.24, 2.45) is 0 Å². The van der Waals surface area contributed by atoms with E-state index in [1.165, 1.54) is 24.3 Å². The van der Waals surface area contributed by atoms with Gasteiger partial charge in [0.1, 0.15) is 5.75 Å². The lowest BCUT2D eigenvalue weighted by Gasteiger charge is -2.35. The van der Waals surface area contributed by atoms with Crippen LogP contribution in [0.25, 0.3) is 0 Å². The van der Waals surface area contributed by atoms with E-state index in [-0.39, 0.29) is 18.3 Å². The Kier molecular flexibility index (Phi) is 7.52. The molecule has 1 unspecified atom stereocenters. The largest absolute Gasteiger partial charge is 0.497 e. The Bertz CT molecular complexity index is 928. The molecule has 164 valence electrons. The van der Waals surface area contributed by atoms with Gasteiger partial charge in [-0.25, -0.2) is 0 Å². The van der Waals surface area contributed by atoms with Crippen molar-refractivity contribution in [2.45, 2.75) is 6.04 Å². The molecule has 0 aromatic heterocycles. The van der Waals surface area contributed by atoms with Gasteiger partial charge in [0.25, 0.3) is 5.69 Å². The minimum atomic E-state index is -0.847. The highest BCUT2D eigenvalue weighted by Gasteiger charge is 2.25. The Morgan fingerprint density at radius 1 is 1.16 bits per heavy atom. The first-order valence-electron chi connectivity index (χ1n) is 9.77. The highest BCUT2D eigenvalue weighted by Crippen LogP contribution is 2.25. The van der Waals surface area contributed by atoms with Gasteiger partial charge in [-0.1, -0.05) is 12.1 Å². The van der Waals surface area contributed by atoms with Crippen LogP contribution < -0.4 is 15.4 Å². The number of amides is 2. The van der Waals surface area contributed by atoms with Crippen LogP contribution in [0.4, 0.5) is 11.4 Å². The molecule has 1 aliphatic rings. The van der Waals surface area contributed by atoms with E-state index >= 15 is 0 Å². The lowest BCUT2D eigenvalue weighted by atomic mass is 10.0. The van der Waals surface area contributed by atoms with Crippen LogP contribution in [0.5, 0.6) is 5.75 Å². The smallest absolute Gasteiger partial charge is 0.313 e. The summed E-state index contributed by atoms with van der Waals surface area (Å²) in [7, 11) is 1.59. The van der Waals surface area contributed by atoms with Crippen LogP contribution in [-0.2, 0) is 14.3 Å². The monoisotopic (exact) mass is 428 g/mol. The second-order valence-electron chi connectivity index (χ2n) is 6.91. The Morgan fingerprint density at radius 2 is 1.87 bits per heavy atom. The van der Waals surface area contributed by atoms with E-state index in [9.17, 15) is 19.7 Å². The van der Waals surface area contributed by atoms with Gasteiger partial charge >= 0.3 is 11.8 Å². The molecule has 1 saturated heterocycles. The molecule has 0 radical (unpaired) electrons. The van der Waals surface area contributed by atoms with Gasteiger partial charge in [-0.15, -0.1) is 0 Å². The number of morpholine rings is 1. The van der Waals surface area contributed by atoms with Crippen LogP contribution in [0.3, 0.4) is 0 Å². The first-order chi connectivity index (χ1) is 15.0. The SMILES string of the molecule is COc1cccc(C(CNC(=O)C(=O)Nc2ccc([N+](=O)[O-])cc2)N2CCOCC2)c1. The van der Waals surface area contributed by atoms with Crippen molar-refractivity contribution in [1.82, 2.24) is 10.2 Å². The van der Waals surface area contributed by atoms with Gasteiger partial charge in [0.05, 0.1) is 31.3 Å². The molecule has 0 bridgehead atoms. The summed E-state index contributed by atoms with van der Waals surface area (Å²) in [6.07, 6.45) is 0. The molecule has 1 atom stereocenters. The molecule has 3 rings (SSSR count). The van der Waals surface area contributed by atoms with Crippen LogP contribution in [0.1, 0.15) is 11.6 Å². The summed E-state index contributed by atoms with van der Waals surface area (Å²) in [6.45, 7) is 2.81. The molecular formula is C21H24N4O6. The molecule has 2 N–H and O–H groups in total. The minimum absolute atomic E-state index is 0.103. The zero-order valence-electron chi connectivity index (χ0n) is 17.1. The van der Waals surface area contributed by atoms with Crippen molar-refractivity contribution in [1.29, 1.82) is 0 Å². The number of benzene rings is 2. The zero-order chi connectivity index (χ0) is 22.2. The van der Waals surface area contributed by atoms with Crippen LogP contribution in [-0.4, -0.2) is 61.6 Å². The maximum atomic E-state index is 12.4. The van der Waals surface area contributed by atoms with Crippen molar-refractivity contribution in [3.8, 4) is 5.75 Å². The van der Waals surface area contributed by atoms with Gasteiger partial charge in [0.15, 0.2) is 0 Å². The van der Waals surface area contributed by atoms with Crippen LogP contribution in [0, 0.1) is 10.1 Å². The number of nitro groups is 1. The van der Waals surface area contributed by atoms with Crippen molar-refractivity contribution < 1.29 is 24.0 Å². The molecule has 10 heteroatoms. The van der Waals surface area contributed by atoms with Gasteiger partial charge in [-0.05, 0) is 29.8 Å². The molecule has 2 aromatic rings. The van der Waals surface area contributed by atoms with E-state index in [1.807, 2.05) is 24.3 Å². The topological polar surface area (TPSA) is 123 Å². The number of carbonyl (C=O) groups is 2. The van der Waals surface area contributed by atoms with Gasteiger partial charge < -0.3 is 20.1 Å². The molecule has 0 aliphatic carbocycles. The summed E-state index contributed by atoms with van der Waals surface area (Å²) in [5, 5.41) is 15.8. The number of carbonyl (C=O) groups excluding carboxylic acids is 2. The third kappa shape index (κ3) is 6.00. The Hall–Kier alpha value is -3.50. The predicted octanol–water partition coefficient (Wildman–Crippen LogP) is 1.73. The number of ether oxygens (including phenoxy) is 2. The van der Waals surface area contributed by atoms with E-state index in [1.54, 1.807) is 7.11 Å². The summed E-state index contributed by atoms with van der Waals surface area (Å²) in [6, 6.07) is 12.7. The Balaban J connectivity index is 1.64. The lowest BCUT2D eigenvalue weighted by molar-refractivity contribution is -0.384. The normalized spacial score (nSPS) is 15.0. The molecular weight excluding hydrogens is 404 g/mol. The number of methoxy groups -OCH3 is 1. The van der Waals surface area contributed by atoms with Crippen molar-refractivity contribution in [2.75, 3.05) is 45.3 Å². The fourth-order valence-corrected chi connectivity index (χ4v) is 3.32. The molecule has 1 fully saturated rings. The number of nitrogens with one attached hydrogen (secondary N) is 2. The minimum Gasteiger partial charge on any atom is -0.497 e. The van der Waals surface area contributed by atoms with Gasteiger partial charge in [0, 0.05) is 37.5 Å². The van der Waals surface area contributed by atoms with E-state index < -0.39 is 16.7 Å². The highest BCUT2D eigenvalue weighted by molar-refractivity contribution is 6.39. The number of nitro benzene ring substituents is 1. The van der Waals surface area contributed by atoms with E-state index in [0.29, 0.717) is 37.7 Å². The molecule has 0 saturated carbocycles. The van der Waals surface area contributed by atoms with Crippen LogP contribution >= 0.6 is 0 Å². The zero-order valence-corrected chi connectivity index (χ0v) is 17.1. The standard InChI is InChI=1S/C21H24N4O6/c1-30-18-4-2-3-15(13-18)19(24-9-11-31-12-10-24)14-22-20(26)21(27)23-16-5-7-17(8-6-16)25(28)29/h2-8,13,19H,9-12,14H2,1H3,(H,22,26)(H,23,27). The van der Waals surface area contributed by atoms with Crippen molar-refractivity contribution in [3.63, 3.8) is 0 Å². The molecule has 10 nitrogen and oxygen atoms in total. The summed E-state index contributed by atoms with van der Waals surface area (Å²) >= 11 is 0. The lowest BCUT2D eigenvalue weighted by Crippen LogP contribution is -2.45. The average Bonchev–Trinajstić information content (AvgIpc) is 2.80. The molecule has 1 aliphatic heterocycles. The van der Waals surface area contributed by atoms with Crippen LogP contribution in [0.2, 0.25) is 0 Å². The summed E-state index contributed by atoms with van der Waals surface area (Å²) in [5.74, 6) is -0.933. The number of hydrogen-bond acceptors (Lipinski definition) is 7. The number of rotatable bonds is 7. The summed E-state index contributed by atoms with van der Waals surface area (Å²) < 4.78 is 10.7. The number of hydrogen-bond donors (Lipinski definition) is 2. The molecule has 0 spiro atoms. The molecule has 2 aromatic carbocycles. The number of non-ortho nitro benzene ring substituents is 1. The first kappa shape index (κ1) is 22.2. The van der Waals surface area contributed by atoms with Gasteiger partial charge in [0.2, 0.25) is 0 Å². The number of nitrogens with zero attached hydrogens (tertiary/aromatic N) is 2. The predicted molar refractivity (Wildman–Crippen MR) is 113 cm³/mol. The van der Waals surface area contributed by atoms with Crippen LogP contribution in [0.15, 0.2) is 48.5 Å². The van der Waals surface area contributed by atoms with E-state index in [2.05, 4.69) is 15.5 Å². The molecule has 1 heterocycles. The average molecular weight is 428 g/mol. The first-order valence-corrected chi connectivity index (χ1v) is 9.77. The van der Waals surface area contributed by atoms with Gasteiger partial charge in [-0.3, -0.25) is 24.6 Å². The Labute approximate surface area is 179 Å². The Morgan fingerprint density at radius 3 is 2.52 bits per heavy atom. The maximum absolute atomic E-state index is 12.4. The van der Waals surface area contributed by atoms with E-state index in [4.69, 9.17) is 9.47 Å². The third-order valence-corrected chi connectivity index (χ3v) is 4.96. The van der Waals surface area contributed by atoms with E-state index in [0.717, 1.165) is 5.56 Å². The number of anilines is 1. The molecule has 31 heavy (non-hydrogen) atoms. The second-order valence-corrected chi connectivity index (χ2v) is 6.91. The summed E-state index contributed by atoms with van der Waals surface area (Å²) in [4.78, 5) is 37.0. The maximum Gasteiger partial charge on any atom is 0.313 e. The fourth-order valence-electron chi connectivity index (χ4n) is 3.32. The van der Waals surface area contributed by atoms with Crippen molar-refractivity contribution >= 4 is 23.2 Å². The highest BCUT2D eigenvalue weighted by atomic mass is 16.6. The molecule has 2 amide bonds. The second kappa shape index (κ2) is 10.5. The third-order valence-electron chi connectivity index (χ3n) is 4.96. The van der Waals surface area contributed by atoms with Gasteiger partial charge in [-0.2, -0.15) is 0 Å². The van der Waals surface area contributed by atoms with Crippen molar-refractivity contribution in [3.05, 3.63) is 64.2 Å². The fraction of sp³-hybridized carbons (Fsp3) is 0.333. The summed E-state index contributed by atoms with van der Waals surface area (Å²) in [5.41, 5.74) is 1.15.